The molecule has 0 amide bonds. The number of phenolic OH excluding ortho intramolecular Hbond substituents is 2. The van der Waals surface area contributed by atoms with Gasteiger partial charge in [-0.15, -0.1) is 0 Å². The summed E-state index contributed by atoms with van der Waals surface area (Å²) in [6.07, 6.45) is -0.696. The van der Waals surface area contributed by atoms with Crippen molar-refractivity contribution in [3.8, 4) is 23.0 Å². The Hall–Kier alpha value is -3.38. The molecule has 11 nitrogen and oxygen atoms in total. The summed E-state index contributed by atoms with van der Waals surface area (Å²) < 4.78 is 22.6. The van der Waals surface area contributed by atoms with Crippen LogP contribution in [0.3, 0.4) is 0 Å². The number of aliphatic hydroxyl groups excluding tert-OH is 3. The van der Waals surface area contributed by atoms with E-state index < -0.39 is 48.5 Å². The van der Waals surface area contributed by atoms with Gasteiger partial charge in [0.05, 0.1) is 6.42 Å². The molecule has 2 aromatic rings. The van der Waals surface area contributed by atoms with Crippen LogP contribution in [0.25, 0.3) is 0 Å². The van der Waals surface area contributed by atoms with Gasteiger partial charge in [-0.2, -0.15) is 0 Å². The van der Waals surface area contributed by atoms with Crippen molar-refractivity contribution in [3.05, 3.63) is 47.5 Å². The smallest absolute Gasteiger partial charge is 0.305 e. The van der Waals surface area contributed by atoms with E-state index in [-0.39, 0.29) is 48.0 Å². The number of carbonyl (C=O) groups is 2. The standard InChI is InChI=1S/C31H40O11/c1-2-3-4-5-6-7-8-9-26(35)39-17-25-28(36)29(37)30(38)31(42-25)40-20-14-21(33)27-22(34)16-23(41-24(27)15-20)18-10-12-19(32)13-11-18/h10-15,23,25,28-33,36-38H,2-9,16-17H2,1H3/t23-,25+,28+,29-,30+,31-/m0/s1. The number of hydrogen-bond acceptors (Lipinski definition) is 11. The number of aliphatic hydroxyl groups is 3. The number of carbonyl (C=O) groups excluding carboxylic acids is 2. The summed E-state index contributed by atoms with van der Waals surface area (Å²) in [4.78, 5) is 25.0. The summed E-state index contributed by atoms with van der Waals surface area (Å²) >= 11 is 0. The second-order valence-electron chi connectivity index (χ2n) is 10.8. The molecule has 2 aliphatic rings. The van der Waals surface area contributed by atoms with E-state index in [1.807, 2.05) is 0 Å². The fraction of sp³-hybridized carbons (Fsp3) is 0.548. The van der Waals surface area contributed by atoms with Crippen LogP contribution in [0.15, 0.2) is 36.4 Å². The number of rotatable bonds is 13. The predicted octanol–water partition coefficient (Wildman–Crippen LogP) is 3.67. The fourth-order valence-electron chi connectivity index (χ4n) is 5.12. The third-order valence-electron chi connectivity index (χ3n) is 7.55. The van der Waals surface area contributed by atoms with E-state index in [4.69, 9.17) is 18.9 Å². The molecule has 11 heteroatoms. The van der Waals surface area contributed by atoms with E-state index in [0.29, 0.717) is 12.0 Å². The molecule has 1 saturated heterocycles. The number of unbranched alkanes of at least 4 members (excludes halogenated alkanes) is 6. The molecule has 0 bridgehead atoms. The zero-order chi connectivity index (χ0) is 30.2. The molecule has 230 valence electrons. The molecular weight excluding hydrogens is 548 g/mol. The van der Waals surface area contributed by atoms with E-state index >= 15 is 0 Å². The highest BCUT2D eigenvalue weighted by atomic mass is 16.7. The van der Waals surface area contributed by atoms with Crippen LogP contribution < -0.4 is 9.47 Å². The number of phenols is 2. The molecule has 0 spiro atoms. The summed E-state index contributed by atoms with van der Waals surface area (Å²) in [5.41, 5.74) is 0.619. The quantitative estimate of drug-likeness (QED) is 0.171. The van der Waals surface area contributed by atoms with Gasteiger partial charge in [-0.25, -0.2) is 0 Å². The highest BCUT2D eigenvalue weighted by Crippen LogP contribution is 2.42. The first-order chi connectivity index (χ1) is 20.2. The molecule has 0 aromatic heterocycles. The zero-order valence-electron chi connectivity index (χ0n) is 23.7. The minimum atomic E-state index is -1.68. The third-order valence-corrected chi connectivity index (χ3v) is 7.55. The van der Waals surface area contributed by atoms with E-state index in [2.05, 4.69) is 6.92 Å². The maximum atomic E-state index is 12.8. The number of benzene rings is 2. The first kappa shape index (κ1) is 31.6. The van der Waals surface area contributed by atoms with E-state index in [1.165, 1.54) is 37.5 Å². The second kappa shape index (κ2) is 14.7. The van der Waals surface area contributed by atoms with Gasteiger partial charge in [0.2, 0.25) is 6.29 Å². The lowest BCUT2D eigenvalue weighted by Gasteiger charge is -2.40. The zero-order valence-corrected chi connectivity index (χ0v) is 23.7. The topological polar surface area (TPSA) is 172 Å². The first-order valence-corrected chi connectivity index (χ1v) is 14.6. The lowest BCUT2D eigenvalue weighted by molar-refractivity contribution is -0.278. The molecule has 0 unspecified atom stereocenters. The fourth-order valence-corrected chi connectivity index (χ4v) is 5.12. The lowest BCUT2D eigenvalue weighted by Crippen LogP contribution is -2.60. The molecule has 5 N–H and O–H groups in total. The van der Waals surface area contributed by atoms with E-state index in [1.54, 1.807) is 12.1 Å². The van der Waals surface area contributed by atoms with Gasteiger partial charge < -0.3 is 44.5 Å². The van der Waals surface area contributed by atoms with Crippen molar-refractivity contribution >= 4 is 11.8 Å². The highest BCUT2D eigenvalue weighted by molar-refractivity contribution is 6.02. The van der Waals surface area contributed by atoms with Crippen molar-refractivity contribution in [1.82, 2.24) is 0 Å². The number of ketones is 1. The first-order valence-electron chi connectivity index (χ1n) is 14.6. The van der Waals surface area contributed by atoms with Crippen molar-refractivity contribution in [2.24, 2.45) is 0 Å². The molecule has 2 heterocycles. The van der Waals surface area contributed by atoms with Gasteiger partial charge in [0.15, 0.2) is 5.78 Å². The summed E-state index contributed by atoms with van der Waals surface area (Å²) in [5, 5.41) is 51.5. The van der Waals surface area contributed by atoms with Gasteiger partial charge in [0.1, 0.15) is 65.7 Å². The van der Waals surface area contributed by atoms with Crippen LogP contribution in [0.2, 0.25) is 0 Å². The van der Waals surface area contributed by atoms with Gasteiger partial charge in [-0.3, -0.25) is 9.59 Å². The Morgan fingerprint density at radius 1 is 0.929 bits per heavy atom. The molecular formula is C31H40O11. The molecule has 6 atom stereocenters. The summed E-state index contributed by atoms with van der Waals surface area (Å²) in [6, 6.07) is 8.70. The maximum absolute atomic E-state index is 12.8. The Balaban J connectivity index is 1.36. The SMILES string of the molecule is CCCCCCCCCC(=O)OC[C@H]1O[C@H](Oc2cc(O)c3c(c2)O[C@H](c2ccc(O)cc2)CC3=O)[C@H](O)[C@@H](O)[C@@H]1O. The van der Waals surface area contributed by atoms with Gasteiger partial charge >= 0.3 is 5.97 Å². The van der Waals surface area contributed by atoms with Crippen LogP contribution in [0.5, 0.6) is 23.0 Å². The Kier molecular flexibility index (Phi) is 11.0. The molecule has 42 heavy (non-hydrogen) atoms. The normalized spacial score (nSPS) is 25.4. The van der Waals surface area contributed by atoms with E-state index in [9.17, 15) is 35.1 Å². The van der Waals surface area contributed by atoms with Crippen molar-refractivity contribution in [2.45, 2.75) is 102 Å². The van der Waals surface area contributed by atoms with Crippen molar-refractivity contribution < 1.29 is 54.1 Å². The van der Waals surface area contributed by atoms with Gasteiger partial charge in [-0.05, 0) is 24.1 Å². The number of fused-ring (bicyclic) bond motifs is 1. The lowest BCUT2D eigenvalue weighted by atomic mass is 9.95. The average Bonchev–Trinajstić information content (AvgIpc) is 2.96. The Morgan fingerprint density at radius 3 is 2.33 bits per heavy atom. The van der Waals surface area contributed by atoms with Crippen LogP contribution >= 0.6 is 0 Å². The average molecular weight is 589 g/mol. The monoisotopic (exact) mass is 588 g/mol. The van der Waals surface area contributed by atoms with Gasteiger partial charge in [0.25, 0.3) is 0 Å². The van der Waals surface area contributed by atoms with Gasteiger partial charge in [0, 0.05) is 18.6 Å². The third kappa shape index (κ3) is 7.91. The number of hydrogen-bond donors (Lipinski definition) is 5. The number of esters is 1. The number of Topliss-reactive ketones (excluding diaryl/α,β-unsaturated/α-hetero) is 1. The minimum Gasteiger partial charge on any atom is -0.508 e. The Bertz CT molecular complexity index is 1200. The largest absolute Gasteiger partial charge is 0.508 e. The minimum absolute atomic E-state index is 0.0244. The molecule has 2 aliphatic heterocycles. The highest BCUT2D eigenvalue weighted by Gasteiger charge is 2.45. The van der Waals surface area contributed by atoms with Crippen molar-refractivity contribution in [2.75, 3.05) is 6.61 Å². The summed E-state index contributed by atoms with van der Waals surface area (Å²) in [5.74, 6) is -1.15. The summed E-state index contributed by atoms with van der Waals surface area (Å²) in [7, 11) is 0. The number of aromatic hydroxyl groups is 2. The van der Waals surface area contributed by atoms with Crippen molar-refractivity contribution in [1.29, 1.82) is 0 Å². The van der Waals surface area contributed by atoms with Crippen LogP contribution in [0.1, 0.15) is 86.7 Å². The van der Waals surface area contributed by atoms with Crippen LogP contribution in [0, 0.1) is 0 Å². The van der Waals surface area contributed by atoms with Crippen molar-refractivity contribution in [3.63, 3.8) is 0 Å². The molecule has 0 saturated carbocycles. The van der Waals surface area contributed by atoms with E-state index in [0.717, 1.165) is 25.3 Å². The second-order valence-corrected chi connectivity index (χ2v) is 10.8. The maximum Gasteiger partial charge on any atom is 0.305 e. The number of ether oxygens (including phenoxy) is 4. The van der Waals surface area contributed by atoms with Gasteiger partial charge in [-0.1, -0.05) is 57.6 Å². The molecule has 1 fully saturated rings. The van der Waals surface area contributed by atoms with Crippen LogP contribution in [0.4, 0.5) is 0 Å². The Morgan fingerprint density at radius 2 is 1.62 bits per heavy atom. The summed E-state index contributed by atoms with van der Waals surface area (Å²) in [6.45, 7) is 1.80. The molecule has 0 radical (unpaired) electrons. The predicted molar refractivity (Wildman–Crippen MR) is 149 cm³/mol. The molecule has 2 aromatic carbocycles. The Labute approximate surface area is 244 Å². The van der Waals surface area contributed by atoms with Crippen LogP contribution in [-0.4, -0.2) is 74.6 Å². The van der Waals surface area contributed by atoms with Crippen LogP contribution in [-0.2, 0) is 14.3 Å². The molecule has 4 rings (SSSR count). The molecule has 0 aliphatic carbocycles.